The molecule has 6 nitrogen and oxygen atoms in total. The lowest BCUT2D eigenvalue weighted by atomic mass is 10.3. The van der Waals surface area contributed by atoms with Crippen molar-refractivity contribution in [2.75, 3.05) is 13.7 Å². The second kappa shape index (κ2) is 6.33. The summed E-state index contributed by atoms with van der Waals surface area (Å²) in [4.78, 5) is 3.04. The van der Waals surface area contributed by atoms with Crippen LogP contribution in [0.2, 0.25) is 0 Å². The van der Waals surface area contributed by atoms with Gasteiger partial charge in [0.2, 0.25) is 21.2 Å². The molecule has 98 valence electrons. The van der Waals surface area contributed by atoms with E-state index >= 15 is 0 Å². The molecule has 0 saturated carbocycles. The first-order chi connectivity index (χ1) is 8.55. The number of benzene rings is 1. The Morgan fingerprint density at radius 3 is 2.72 bits per heavy atom. The summed E-state index contributed by atoms with van der Waals surface area (Å²) >= 11 is 0. The van der Waals surface area contributed by atoms with Crippen LogP contribution < -0.4 is 9.46 Å². The quantitative estimate of drug-likeness (QED) is 0.634. The van der Waals surface area contributed by atoms with Crippen molar-refractivity contribution in [2.24, 2.45) is 0 Å². The van der Waals surface area contributed by atoms with Crippen molar-refractivity contribution < 1.29 is 13.2 Å². The summed E-state index contributed by atoms with van der Waals surface area (Å²) in [5, 5.41) is 8.78. The second-order valence-electron chi connectivity index (χ2n) is 3.68. The number of nitrogens with one attached hydrogen (secondary N) is 1. The first-order valence-electron chi connectivity index (χ1n) is 5.58. The molecule has 0 unspecified atom stereocenters. The maximum Gasteiger partial charge on any atom is 0.427 e. The predicted molar refractivity (Wildman–Crippen MR) is 67.8 cm³/mol. The summed E-state index contributed by atoms with van der Waals surface area (Å²) in [6, 6.07) is 4.11. The molecule has 1 aromatic carbocycles. The highest BCUT2D eigenvalue weighted by atomic mass is 32.2. The number of rotatable bonds is 6. The van der Waals surface area contributed by atoms with Crippen molar-refractivity contribution in [3.05, 3.63) is 23.2 Å². The van der Waals surface area contributed by atoms with E-state index in [1.165, 1.54) is 25.3 Å². The molecule has 1 N–H and O–H groups in total. The molecular formula is C11H16N3O3S+. The molecule has 7 heteroatoms. The second-order valence-corrected chi connectivity index (χ2v) is 5.45. The Labute approximate surface area is 107 Å². The Morgan fingerprint density at radius 1 is 1.44 bits per heavy atom. The van der Waals surface area contributed by atoms with Crippen LogP contribution in [0.15, 0.2) is 23.1 Å². The van der Waals surface area contributed by atoms with Gasteiger partial charge < -0.3 is 4.74 Å². The fourth-order valence-electron chi connectivity index (χ4n) is 1.38. The molecule has 0 saturated heterocycles. The molecule has 0 atom stereocenters. The lowest BCUT2D eigenvalue weighted by molar-refractivity contribution is 0.417. The molecular weight excluding hydrogens is 254 g/mol. The van der Waals surface area contributed by atoms with E-state index in [2.05, 4.69) is 9.70 Å². The smallest absolute Gasteiger partial charge is 0.427 e. The number of diazo groups is 1. The third-order valence-electron chi connectivity index (χ3n) is 2.39. The van der Waals surface area contributed by atoms with Gasteiger partial charge in [0.1, 0.15) is 0 Å². The Hall–Kier alpha value is -1.65. The van der Waals surface area contributed by atoms with E-state index in [1.54, 1.807) is 0 Å². The zero-order valence-electron chi connectivity index (χ0n) is 10.4. The average molecular weight is 270 g/mol. The van der Waals surface area contributed by atoms with Crippen LogP contribution in [0.1, 0.15) is 19.8 Å². The van der Waals surface area contributed by atoms with E-state index < -0.39 is 10.0 Å². The molecule has 0 amide bonds. The van der Waals surface area contributed by atoms with Gasteiger partial charge in [-0.15, -0.1) is 0 Å². The number of sulfonamides is 1. The topological polar surface area (TPSA) is 83.6 Å². The summed E-state index contributed by atoms with van der Waals surface area (Å²) in [7, 11) is -2.15. The number of hydrogen-bond donors (Lipinski definition) is 1. The van der Waals surface area contributed by atoms with Crippen LogP contribution in [0.4, 0.5) is 5.69 Å². The highest BCUT2D eigenvalue weighted by Gasteiger charge is 2.21. The van der Waals surface area contributed by atoms with Gasteiger partial charge in [-0.3, -0.25) is 0 Å². The minimum absolute atomic E-state index is 0.0483. The molecule has 0 aliphatic rings. The van der Waals surface area contributed by atoms with E-state index in [9.17, 15) is 8.42 Å². The van der Waals surface area contributed by atoms with E-state index in [0.717, 1.165) is 12.8 Å². The Kier molecular flexibility index (Phi) is 5.07. The number of methoxy groups -OCH3 is 1. The molecule has 0 fully saturated rings. The first kappa shape index (κ1) is 14.4. The van der Waals surface area contributed by atoms with Crippen molar-refractivity contribution in [2.45, 2.75) is 24.7 Å². The number of unbranched alkanes of at least 4 members (excludes halogenated alkanes) is 1. The molecule has 0 heterocycles. The van der Waals surface area contributed by atoms with Crippen LogP contribution in [0.25, 0.3) is 4.98 Å². The van der Waals surface area contributed by atoms with Gasteiger partial charge in [0.25, 0.3) is 0 Å². The van der Waals surface area contributed by atoms with Crippen molar-refractivity contribution in [3.63, 3.8) is 0 Å². The maximum absolute atomic E-state index is 11.9. The van der Waals surface area contributed by atoms with Crippen LogP contribution >= 0.6 is 0 Å². The Bertz CT molecular complexity index is 549. The van der Waals surface area contributed by atoms with Gasteiger partial charge in [0.15, 0.2) is 4.98 Å². The molecule has 0 radical (unpaired) electrons. The van der Waals surface area contributed by atoms with Gasteiger partial charge in [-0.2, -0.15) is 0 Å². The maximum atomic E-state index is 11.9. The molecule has 1 aromatic rings. The monoisotopic (exact) mass is 270 g/mol. The minimum Gasteiger partial charge on any atom is -0.489 e. The van der Waals surface area contributed by atoms with Gasteiger partial charge >= 0.3 is 5.69 Å². The third-order valence-corrected chi connectivity index (χ3v) is 3.85. The van der Waals surface area contributed by atoms with Crippen molar-refractivity contribution in [1.29, 1.82) is 5.39 Å². The highest BCUT2D eigenvalue weighted by molar-refractivity contribution is 7.89. The van der Waals surface area contributed by atoms with E-state index in [4.69, 9.17) is 10.1 Å². The predicted octanol–water partition coefficient (Wildman–Crippen LogP) is 2.26. The average Bonchev–Trinajstić information content (AvgIpc) is 2.38. The first-order valence-corrected chi connectivity index (χ1v) is 7.06. The van der Waals surface area contributed by atoms with E-state index in [0.29, 0.717) is 12.3 Å². The lowest BCUT2D eigenvalue weighted by Crippen LogP contribution is -2.24. The Balaban J connectivity index is 3.00. The van der Waals surface area contributed by atoms with E-state index in [1.807, 2.05) is 6.92 Å². The van der Waals surface area contributed by atoms with Crippen LogP contribution in [0.5, 0.6) is 5.75 Å². The van der Waals surface area contributed by atoms with Gasteiger partial charge in [0.05, 0.1) is 18.1 Å². The summed E-state index contributed by atoms with van der Waals surface area (Å²) in [6.07, 6.45) is 1.68. The minimum atomic E-state index is -3.57. The fraction of sp³-hybridized carbons (Fsp3) is 0.455. The van der Waals surface area contributed by atoms with Crippen molar-refractivity contribution in [1.82, 2.24) is 4.72 Å². The summed E-state index contributed by atoms with van der Waals surface area (Å²) in [5.74, 6) is 0.310. The van der Waals surface area contributed by atoms with Crippen LogP contribution in [0.3, 0.4) is 0 Å². The van der Waals surface area contributed by atoms with Gasteiger partial charge in [-0.25, -0.2) is 13.1 Å². The molecule has 0 bridgehead atoms. The zero-order valence-corrected chi connectivity index (χ0v) is 11.2. The van der Waals surface area contributed by atoms with E-state index in [-0.39, 0.29) is 10.6 Å². The number of nitrogens with zero attached hydrogens (tertiary/aromatic N) is 2. The highest BCUT2D eigenvalue weighted by Crippen LogP contribution is 2.29. The summed E-state index contributed by atoms with van der Waals surface area (Å²) in [5.41, 5.74) is 0.0795. The summed E-state index contributed by atoms with van der Waals surface area (Å²) in [6.45, 7) is 2.36. The summed E-state index contributed by atoms with van der Waals surface area (Å²) < 4.78 is 31.2. The van der Waals surface area contributed by atoms with Crippen LogP contribution in [0, 0.1) is 5.39 Å². The molecule has 0 aromatic heterocycles. The molecule has 0 aliphatic heterocycles. The Morgan fingerprint density at radius 2 is 2.17 bits per heavy atom. The van der Waals surface area contributed by atoms with Crippen LogP contribution in [-0.2, 0) is 10.0 Å². The van der Waals surface area contributed by atoms with Gasteiger partial charge in [0, 0.05) is 6.54 Å². The zero-order chi connectivity index (χ0) is 13.6. The number of hydrogen-bond acceptors (Lipinski definition) is 4. The van der Waals surface area contributed by atoms with Gasteiger partial charge in [-0.1, -0.05) is 13.3 Å². The fourth-order valence-corrected chi connectivity index (χ4v) is 2.48. The standard InChI is InChI=1S/C11H16N3O3S/c1-3-4-7-13-18(15,16)9-5-6-11(17-2)10(8-9)14-12/h5-6,8,13H,3-4,7H2,1-2H3/q+1. The normalized spacial score (nSPS) is 10.9. The molecule has 0 aliphatic carbocycles. The van der Waals surface area contributed by atoms with Gasteiger partial charge in [-0.05, 0) is 18.6 Å². The largest absolute Gasteiger partial charge is 0.489 e. The van der Waals surface area contributed by atoms with Crippen molar-refractivity contribution >= 4 is 15.7 Å². The lowest BCUT2D eigenvalue weighted by Gasteiger charge is -2.05. The molecule has 1 rings (SSSR count). The number of ether oxygens (including phenoxy) is 1. The molecule has 18 heavy (non-hydrogen) atoms. The molecule has 0 spiro atoms. The van der Waals surface area contributed by atoms with Crippen LogP contribution in [-0.4, -0.2) is 22.1 Å². The van der Waals surface area contributed by atoms with Crippen molar-refractivity contribution in [3.8, 4) is 5.75 Å². The SMILES string of the molecule is CCCCNS(=O)(=O)c1ccc(OC)c([N+]#N)c1. The third kappa shape index (κ3) is 3.42.